The summed E-state index contributed by atoms with van der Waals surface area (Å²) in [5, 5.41) is 0. The van der Waals surface area contributed by atoms with Crippen molar-refractivity contribution >= 4 is 12.6 Å². The van der Waals surface area contributed by atoms with Gasteiger partial charge in [0.2, 0.25) is 0 Å². The lowest BCUT2D eigenvalue weighted by Crippen LogP contribution is -2.36. The maximum Gasteiger partial charge on any atom is 0.00148 e. The van der Waals surface area contributed by atoms with E-state index < -0.39 is 0 Å². The Bertz CT molecular complexity index is 119. The maximum absolute atomic E-state index is 4.31. The van der Waals surface area contributed by atoms with Crippen molar-refractivity contribution in [3.8, 4) is 0 Å². The molecule has 0 spiro atoms. The van der Waals surface area contributed by atoms with Gasteiger partial charge in [0.1, 0.15) is 0 Å². The van der Waals surface area contributed by atoms with Crippen molar-refractivity contribution in [1.82, 2.24) is 4.90 Å². The summed E-state index contributed by atoms with van der Waals surface area (Å²) in [4.78, 5) is 2.58. The number of rotatable bonds is 3. The topological polar surface area (TPSA) is 3.24 Å². The van der Waals surface area contributed by atoms with Crippen molar-refractivity contribution in [1.29, 1.82) is 0 Å². The lowest BCUT2D eigenvalue weighted by Gasteiger charge is -2.31. The number of hydrogen-bond acceptors (Lipinski definition) is 2. The van der Waals surface area contributed by atoms with Gasteiger partial charge in [0.15, 0.2) is 0 Å². The minimum absolute atomic E-state index is 0.752. The van der Waals surface area contributed by atoms with Crippen LogP contribution in [0.25, 0.3) is 0 Å². The third-order valence-corrected chi connectivity index (χ3v) is 3.38. The van der Waals surface area contributed by atoms with Gasteiger partial charge in [-0.3, -0.25) is 0 Å². The normalized spacial score (nSPS) is 24.2. The third kappa shape index (κ3) is 3.36. The smallest absolute Gasteiger partial charge is 0.00148 e. The molecule has 1 saturated heterocycles. The molecule has 0 aromatic heterocycles. The molecule has 0 aromatic carbocycles. The summed E-state index contributed by atoms with van der Waals surface area (Å²) in [6.45, 7) is 8.50. The quantitative estimate of drug-likeness (QED) is 0.663. The Morgan fingerprint density at radius 1 is 1.42 bits per heavy atom. The predicted octanol–water partition coefficient (Wildman–Crippen LogP) is 2.28. The van der Waals surface area contributed by atoms with Crippen LogP contribution in [0.5, 0.6) is 0 Å². The molecule has 0 amide bonds. The molecule has 0 N–H and O–H groups in total. The molecule has 1 nitrogen and oxygen atoms in total. The zero-order valence-electron chi connectivity index (χ0n) is 8.29. The van der Waals surface area contributed by atoms with E-state index >= 15 is 0 Å². The summed E-state index contributed by atoms with van der Waals surface area (Å²) in [6.07, 6.45) is 2.78. The first-order valence-corrected chi connectivity index (χ1v) is 5.69. The molecule has 0 aliphatic carbocycles. The molecule has 0 bridgehead atoms. The largest absolute Gasteiger partial charge is 0.303 e. The molecular weight excluding hydrogens is 166 g/mol. The van der Waals surface area contributed by atoms with Crippen molar-refractivity contribution in [2.24, 2.45) is 11.8 Å². The maximum atomic E-state index is 4.31. The second-order valence-corrected chi connectivity index (χ2v) is 4.64. The number of likely N-dealkylation sites (tertiary alicyclic amines) is 1. The second kappa shape index (κ2) is 5.13. The highest BCUT2D eigenvalue weighted by Gasteiger charge is 2.16. The third-order valence-electron chi connectivity index (χ3n) is 2.76. The van der Waals surface area contributed by atoms with Gasteiger partial charge in [0.25, 0.3) is 0 Å². The average molecular weight is 187 g/mol. The molecule has 72 valence electrons. The summed E-state index contributed by atoms with van der Waals surface area (Å²) in [5.74, 6) is 2.72. The van der Waals surface area contributed by atoms with E-state index in [-0.39, 0.29) is 0 Å². The molecule has 1 heterocycles. The van der Waals surface area contributed by atoms with Crippen LogP contribution < -0.4 is 0 Å². The SMILES string of the molecule is CC1CCN(CC(C)CS)CC1. The summed E-state index contributed by atoms with van der Waals surface area (Å²) in [5.41, 5.74) is 0. The van der Waals surface area contributed by atoms with Crippen LogP contribution in [0, 0.1) is 11.8 Å². The summed E-state index contributed by atoms with van der Waals surface area (Å²) >= 11 is 4.31. The van der Waals surface area contributed by atoms with E-state index in [4.69, 9.17) is 0 Å². The van der Waals surface area contributed by atoms with Crippen molar-refractivity contribution in [2.45, 2.75) is 26.7 Å². The van der Waals surface area contributed by atoms with E-state index in [1.165, 1.54) is 32.5 Å². The van der Waals surface area contributed by atoms with E-state index in [0.717, 1.165) is 17.6 Å². The molecule has 0 aromatic rings. The van der Waals surface area contributed by atoms with Gasteiger partial charge < -0.3 is 4.90 Å². The lowest BCUT2D eigenvalue weighted by molar-refractivity contribution is 0.176. The van der Waals surface area contributed by atoms with Crippen LogP contribution in [0.4, 0.5) is 0 Å². The Kier molecular flexibility index (Phi) is 4.44. The zero-order chi connectivity index (χ0) is 8.97. The molecule has 1 atom stereocenters. The van der Waals surface area contributed by atoms with Crippen molar-refractivity contribution in [3.05, 3.63) is 0 Å². The average Bonchev–Trinajstić information content (AvgIpc) is 2.09. The summed E-state index contributed by atoms with van der Waals surface area (Å²) < 4.78 is 0. The van der Waals surface area contributed by atoms with Crippen LogP contribution in [-0.2, 0) is 0 Å². The van der Waals surface area contributed by atoms with Crippen LogP contribution in [0.15, 0.2) is 0 Å². The monoisotopic (exact) mass is 187 g/mol. The van der Waals surface area contributed by atoms with Gasteiger partial charge in [-0.1, -0.05) is 13.8 Å². The van der Waals surface area contributed by atoms with Crippen molar-refractivity contribution < 1.29 is 0 Å². The van der Waals surface area contributed by atoms with Crippen LogP contribution in [0.2, 0.25) is 0 Å². The van der Waals surface area contributed by atoms with Gasteiger partial charge in [-0.15, -0.1) is 0 Å². The Morgan fingerprint density at radius 3 is 2.50 bits per heavy atom. The van der Waals surface area contributed by atoms with Crippen molar-refractivity contribution in [2.75, 3.05) is 25.4 Å². The number of piperidine rings is 1. The van der Waals surface area contributed by atoms with Gasteiger partial charge >= 0.3 is 0 Å². The van der Waals surface area contributed by atoms with Crippen molar-refractivity contribution in [3.63, 3.8) is 0 Å². The first-order chi connectivity index (χ1) is 5.72. The van der Waals surface area contributed by atoms with Crippen LogP contribution in [0.3, 0.4) is 0 Å². The lowest BCUT2D eigenvalue weighted by atomic mass is 9.98. The summed E-state index contributed by atoms with van der Waals surface area (Å²) in [7, 11) is 0. The van der Waals surface area contributed by atoms with Gasteiger partial charge in [-0.05, 0) is 43.5 Å². The van der Waals surface area contributed by atoms with Gasteiger partial charge in [0.05, 0.1) is 0 Å². The predicted molar refractivity (Wildman–Crippen MR) is 57.9 cm³/mol. The first-order valence-electron chi connectivity index (χ1n) is 5.05. The Morgan fingerprint density at radius 2 is 2.00 bits per heavy atom. The van der Waals surface area contributed by atoms with E-state index in [1.807, 2.05) is 0 Å². The molecular formula is C10H21NS. The van der Waals surface area contributed by atoms with Gasteiger partial charge in [-0.2, -0.15) is 12.6 Å². The first kappa shape index (κ1) is 10.4. The highest BCUT2D eigenvalue weighted by atomic mass is 32.1. The fourth-order valence-corrected chi connectivity index (χ4v) is 1.86. The second-order valence-electron chi connectivity index (χ2n) is 4.27. The van der Waals surface area contributed by atoms with E-state index in [2.05, 4.69) is 31.4 Å². The van der Waals surface area contributed by atoms with Gasteiger partial charge in [0, 0.05) is 6.54 Å². The molecule has 0 radical (unpaired) electrons. The van der Waals surface area contributed by atoms with E-state index in [9.17, 15) is 0 Å². The Balaban J connectivity index is 2.17. The van der Waals surface area contributed by atoms with E-state index in [0.29, 0.717) is 0 Å². The number of thiol groups is 1. The Hall–Kier alpha value is 0.310. The minimum atomic E-state index is 0.752. The molecule has 12 heavy (non-hydrogen) atoms. The Labute approximate surface area is 81.9 Å². The van der Waals surface area contributed by atoms with Crippen LogP contribution >= 0.6 is 12.6 Å². The van der Waals surface area contributed by atoms with Crippen LogP contribution in [0.1, 0.15) is 26.7 Å². The number of nitrogens with zero attached hydrogens (tertiary/aromatic N) is 1. The molecule has 1 fully saturated rings. The molecule has 1 aliphatic heterocycles. The molecule has 0 saturated carbocycles. The zero-order valence-corrected chi connectivity index (χ0v) is 9.19. The summed E-state index contributed by atoms with van der Waals surface area (Å²) in [6, 6.07) is 0. The molecule has 1 unspecified atom stereocenters. The fourth-order valence-electron chi connectivity index (χ4n) is 1.74. The highest BCUT2D eigenvalue weighted by Crippen LogP contribution is 2.16. The fraction of sp³-hybridized carbons (Fsp3) is 1.00. The van der Waals surface area contributed by atoms with Gasteiger partial charge in [-0.25, -0.2) is 0 Å². The number of hydrogen-bond donors (Lipinski definition) is 1. The highest BCUT2D eigenvalue weighted by molar-refractivity contribution is 7.80. The molecule has 1 rings (SSSR count). The molecule has 1 aliphatic rings. The molecule has 2 heteroatoms. The van der Waals surface area contributed by atoms with Crippen LogP contribution in [-0.4, -0.2) is 30.3 Å². The standard InChI is InChI=1S/C10H21NS/c1-9-3-5-11(6-4-9)7-10(2)8-12/h9-10,12H,3-8H2,1-2H3. The van der Waals surface area contributed by atoms with E-state index in [1.54, 1.807) is 0 Å². The minimum Gasteiger partial charge on any atom is -0.303 e.